The van der Waals surface area contributed by atoms with Gasteiger partial charge in [0.2, 0.25) is 0 Å². The molecule has 1 aliphatic heterocycles. The summed E-state index contributed by atoms with van der Waals surface area (Å²) in [5.41, 5.74) is 7.95. The summed E-state index contributed by atoms with van der Waals surface area (Å²) < 4.78 is 0. The van der Waals surface area contributed by atoms with Gasteiger partial charge in [0.1, 0.15) is 0 Å². The van der Waals surface area contributed by atoms with Gasteiger partial charge in [0.05, 0.1) is 0 Å². The van der Waals surface area contributed by atoms with E-state index in [0.29, 0.717) is 6.54 Å². The third-order valence-corrected chi connectivity index (χ3v) is 3.89. The Hall–Kier alpha value is -0.770. The number of nitrogens with two attached hydrogens (primary N) is 1. The maximum absolute atomic E-state index is 6.30. The fraction of sp³-hybridized carbons (Fsp3) is 0.571. The topological polar surface area (TPSA) is 32.5 Å². The molecule has 0 bridgehead atoms. The molecule has 1 saturated heterocycles. The Labute approximate surface area is 115 Å². The van der Waals surface area contributed by atoms with Crippen molar-refractivity contribution in [2.24, 2.45) is 5.73 Å². The van der Waals surface area contributed by atoms with E-state index in [4.69, 9.17) is 17.3 Å². The first kappa shape index (κ1) is 13.7. The standard InChI is InChI=1S/C14H22ClN3/c1-17-7-2-8-18(10-9-17)13-4-3-12(5-6-16)14(15)11-13/h3-4,11H,2,5-10,16H2,1H3. The first-order chi connectivity index (χ1) is 8.70. The van der Waals surface area contributed by atoms with Gasteiger partial charge in [0, 0.05) is 30.3 Å². The number of benzene rings is 1. The van der Waals surface area contributed by atoms with Crippen LogP contribution in [0.25, 0.3) is 0 Å². The van der Waals surface area contributed by atoms with Crippen LogP contribution in [-0.2, 0) is 6.42 Å². The summed E-state index contributed by atoms with van der Waals surface area (Å²) in [7, 11) is 2.18. The van der Waals surface area contributed by atoms with Crippen LogP contribution in [0.15, 0.2) is 18.2 Å². The quantitative estimate of drug-likeness (QED) is 0.909. The second-order valence-corrected chi connectivity index (χ2v) is 5.37. The smallest absolute Gasteiger partial charge is 0.0459 e. The number of hydrogen-bond acceptors (Lipinski definition) is 3. The van der Waals surface area contributed by atoms with Crippen molar-refractivity contribution in [2.45, 2.75) is 12.8 Å². The van der Waals surface area contributed by atoms with Gasteiger partial charge >= 0.3 is 0 Å². The minimum atomic E-state index is 0.646. The summed E-state index contributed by atoms with van der Waals surface area (Å²) in [6.45, 7) is 5.12. The minimum Gasteiger partial charge on any atom is -0.370 e. The zero-order chi connectivity index (χ0) is 13.0. The van der Waals surface area contributed by atoms with Crippen LogP contribution in [0.1, 0.15) is 12.0 Å². The highest BCUT2D eigenvalue weighted by atomic mass is 35.5. The highest BCUT2D eigenvalue weighted by molar-refractivity contribution is 6.31. The number of hydrogen-bond donors (Lipinski definition) is 1. The molecule has 1 aliphatic rings. The molecule has 0 atom stereocenters. The van der Waals surface area contributed by atoms with Gasteiger partial charge < -0.3 is 15.5 Å². The van der Waals surface area contributed by atoms with E-state index in [2.05, 4.69) is 35.0 Å². The number of rotatable bonds is 3. The molecule has 0 saturated carbocycles. The highest BCUT2D eigenvalue weighted by Crippen LogP contribution is 2.24. The Morgan fingerprint density at radius 3 is 2.78 bits per heavy atom. The lowest BCUT2D eigenvalue weighted by Gasteiger charge is -2.23. The lowest BCUT2D eigenvalue weighted by molar-refractivity contribution is 0.360. The van der Waals surface area contributed by atoms with Gasteiger partial charge in [-0.3, -0.25) is 0 Å². The SMILES string of the molecule is CN1CCCN(c2ccc(CCN)c(Cl)c2)CC1. The van der Waals surface area contributed by atoms with Crippen molar-refractivity contribution in [2.75, 3.05) is 44.7 Å². The predicted molar refractivity (Wildman–Crippen MR) is 78.5 cm³/mol. The Morgan fingerprint density at radius 1 is 1.22 bits per heavy atom. The number of anilines is 1. The van der Waals surface area contributed by atoms with Gasteiger partial charge in [-0.2, -0.15) is 0 Å². The molecule has 0 radical (unpaired) electrons. The fourth-order valence-electron chi connectivity index (χ4n) is 2.40. The van der Waals surface area contributed by atoms with Gasteiger partial charge in [-0.1, -0.05) is 17.7 Å². The van der Waals surface area contributed by atoms with Gasteiger partial charge in [-0.25, -0.2) is 0 Å². The van der Waals surface area contributed by atoms with Crippen LogP contribution in [0.3, 0.4) is 0 Å². The molecular formula is C14H22ClN3. The second kappa shape index (κ2) is 6.41. The van der Waals surface area contributed by atoms with Crippen molar-refractivity contribution in [3.05, 3.63) is 28.8 Å². The Bertz CT molecular complexity index is 395. The first-order valence-electron chi connectivity index (χ1n) is 6.62. The minimum absolute atomic E-state index is 0.646. The summed E-state index contributed by atoms with van der Waals surface area (Å²) >= 11 is 6.30. The van der Waals surface area contributed by atoms with E-state index in [1.54, 1.807) is 0 Å². The molecule has 1 heterocycles. The van der Waals surface area contributed by atoms with Crippen molar-refractivity contribution in [3.63, 3.8) is 0 Å². The third kappa shape index (κ3) is 3.37. The van der Waals surface area contributed by atoms with Crippen molar-refractivity contribution < 1.29 is 0 Å². The molecule has 1 aromatic carbocycles. The van der Waals surface area contributed by atoms with Gasteiger partial charge in [0.15, 0.2) is 0 Å². The van der Waals surface area contributed by atoms with E-state index in [1.165, 1.54) is 18.7 Å². The monoisotopic (exact) mass is 267 g/mol. The first-order valence-corrected chi connectivity index (χ1v) is 7.00. The Morgan fingerprint density at radius 2 is 2.06 bits per heavy atom. The molecule has 18 heavy (non-hydrogen) atoms. The van der Waals surface area contributed by atoms with Crippen LogP contribution in [0, 0.1) is 0 Å². The van der Waals surface area contributed by atoms with Gasteiger partial charge in [0.25, 0.3) is 0 Å². The van der Waals surface area contributed by atoms with E-state index in [0.717, 1.165) is 36.6 Å². The van der Waals surface area contributed by atoms with Crippen molar-refractivity contribution in [1.82, 2.24) is 4.90 Å². The molecule has 0 aliphatic carbocycles. The van der Waals surface area contributed by atoms with Crippen LogP contribution in [-0.4, -0.2) is 44.7 Å². The molecule has 0 spiro atoms. The maximum Gasteiger partial charge on any atom is 0.0459 e. The average molecular weight is 268 g/mol. The molecule has 2 rings (SSSR count). The molecule has 1 aromatic rings. The predicted octanol–water partition coefficient (Wildman–Crippen LogP) is 1.98. The summed E-state index contributed by atoms with van der Waals surface area (Å²) in [6.07, 6.45) is 2.06. The zero-order valence-corrected chi connectivity index (χ0v) is 11.8. The molecule has 0 unspecified atom stereocenters. The summed E-state index contributed by atoms with van der Waals surface area (Å²) in [4.78, 5) is 4.80. The number of likely N-dealkylation sites (N-methyl/N-ethyl adjacent to an activating group) is 1. The Balaban J connectivity index is 2.10. The molecule has 2 N–H and O–H groups in total. The molecule has 100 valence electrons. The average Bonchev–Trinajstić information content (AvgIpc) is 2.57. The highest BCUT2D eigenvalue weighted by Gasteiger charge is 2.13. The summed E-state index contributed by atoms with van der Waals surface area (Å²) in [6, 6.07) is 6.36. The van der Waals surface area contributed by atoms with Crippen LogP contribution in [0.5, 0.6) is 0 Å². The molecule has 0 aromatic heterocycles. The van der Waals surface area contributed by atoms with E-state index in [-0.39, 0.29) is 0 Å². The van der Waals surface area contributed by atoms with Gasteiger partial charge in [-0.05, 0) is 50.7 Å². The lowest BCUT2D eigenvalue weighted by atomic mass is 10.1. The molecule has 3 nitrogen and oxygen atoms in total. The zero-order valence-electron chi connectivity index (χ0n) is 11.0. The fourth-order valence-corrected chi connectivity index (χ4v) is 2.67. The van der Waals surface area contributed by atoms with E-state index in [1.807, 2.05) is 0 Å². The van der Waals surface area contributed by atoms with Gasteiger partial charge in [-0.15, -0.1) is 0 Å². The van der Waals surface area contributed by atoms with E-state index >= 15 is 0 Å². The largest absolute Gasteiger partial charge is 0.370 e. The summed E-state index contributed by atoms with van der Waals surface area (Å²) in [5, 5.41) is 0.843. The number of nitrogens with zero attached hydrogens (tertiary/aromatic N) is 2. The molecule has 1 fully saturated rings. The maximum atomic E-state index is 6.30. The van der Waals surface area contributed by atoms with E-state index in [9.17, 15) is 0 Å². The molecule has 4 heteroatoms. The van der Waals surface area contributed by atoms with E-state index < -0.39 is 0 Å². The third-order valence-electron chi connectivity index (χ3n) is 3.53. The molecule has 0 amide bonds. The Kier molecular flexibility index (Phi) is 4.87. The van der Waals surface area contributed by atoms with Crippen LogP contribution in [0.4, 0.5) is 5.69 Å². The van der Waals surface area contributed by atoms with Crippen molar-refractivity contribution >= 4 is 17.3 Å². The molecular weight excluding hydrogens is 246 g/mol. The van der Waals surface area contributed by atoms with Crippen LogP contribution in [0.2, 0.25) is 5.02 Å². The number of halogens is 1. The van der Waals surface area contributed by atoms with Crippen LogP contribution >= 0.6 is 11.6 Å². The lowest BCUT2D eigenvalue weighted by Crippen LogP contribution is -2.28. The van der Waals surface area contributed by atoms with Crippen molar-refractivity contribution in [1.29, 1.82) is 0 Å². The second-order valence-electron chi connectivity index (χ2n) is 4.96. The van der Waals surface area contributed by atoms with Crippen molar-refractivity contribution in [3.8, 4) is 0 Å². The summed E-state index contributed by atoms with van der Waals surface area (Å²) in [5.74, 6) is 0. The van der Waals surface area contributed by atoms with Crippen LogP contribution < -0.4 is 10.6 Å². The normalized spacial score (nSPS) is 17.8.